The van der Waals surface area contributed by atoms with Crippen LogP contribution in [0.2, 0.25) is 0 Å². The molecular weight excluding hydrogens is 216 g/mol. The highest BCUT2D eigenvalue weighted by molar-refractivity contribution is 5.75. The predicted molar refractivity (Wildman–Crippen MR) is 67.2 cm³/mol. The third kappa shape index (κ3) is 3.66. The monoisotopic (exact) mass is 240 g/mol. The molecule has 0 aliphatic carbocycles. The summed E-state index contributed by atoms with van der Waals surface area (Å²) in [5, 5.41) is 0. The summed E-state index contributed by atoms with van der Waals surface area (Å²) in [4.78, 5) is 16.1. The highest BCUT2D eigenvalue weighted by Crippen LogP contribution is 2.20. The van der Waals surface area contributed by atoms with Crippen LogP contribution in [0.15, 0.2) is 0 Å². The van der Waals surface area contributed by atoms with Crippen molar-refractivity contribution in [3.05, 3.63) is 0 Å². The van der Waals surface area contributed by atoms with Crippen LogP contribution < -0.4 is 11.3 Å². The van der Waals surface area contributed by atoms with Gasteiger partial charge in [0.15, 0.2) is 0 Å². The molecule has 0 spiro atoms. The zero-order valence-corrected chi connectivity index (χ0v) is 10.5. The van der Waals surface area contributed by atoms with Crippen molar-refractivity contribution >= 4 is 5.91 Å². The number of hydrogen-bond acceptors (Lipinski definition) is 4. The van der Waals surface area contributed by atoms with Gasteiger partial charge in [0.25, 0.3) is 0 Å². The Morgan fingerprint density at radius 2 is 2.00 bits per heavy atom. The van der Waals surface area contributed by atoms with E-state index in [9.17, 15) is 4.79 Å². The van der Waals surface area contributed by atoms with Crippen molar-refractivity contribution in [3.8, 4) is 0 Å². The minimum atomic E-state index is -0.0635. The number of carbonyl (C=O) groups excluding carboxylic acids is 1. The van der Waals surface area contributed by atoms with Gasteiger partial charge in [0.1, 0.15) is 0 Å². The van der Waals surface area contributed by atoms with Crippen molar-refractivity contribution in [1.29, 1.82) is 0 Å². The van der Waals surface area contributed by atoms with Crippen LogP contribution in [0.3, 0.4) is 0 Å². The fourth-order valence-corrected chi connectivity index (χ4v) is 2.93. The van der Waals surface area contributed by atoms with Crippen LogP contribution in [0.4, 0.5) is 0 Å². The Morgan fingerprint density at radius 3 is 2.71 bits per heavy atom. The van der Waals surface area contributed by atoms with Crippen molar-refractivity contribution in [2.75, 3.05) is 32.7 Å². The molecule has 98 valence electrons. The number of nitrogens with one attached hydrogen (secondary N) is 1. The molecule has 2 rings (SSSR count). The summed E-state index contributed by atoms with van der Waals surface area (Å²) in [6.45, 7) is 5.62. The molecule has 1 unspecified atom stereocenters. The molecule has 0 aromatic rings. The van der Waals surface area contributed by atoms with Crippen molar-refractivity contribution < 1.29 is 4.79 Å². The fraction of sp³-hybridized carbons (Fsp3) is 0.917. The van der Waals surface area contributed by atoms with Crippen LogP contribution in [0, 0.1) is 0 Å². The number of hydrogen-bond donors (Lipinski definition) is 2. The minimum Gasteiger partial charge on any atom is -0.301 e. The summed E-state index contributed by atoms with van der Waals surface area (Å²) in [5.41, 5.74) is 2.19. The molecule has 0 bridgehead atoms. The molecule has 0 radical (unpaired) electrons. The summed E-state index contributed by atoms with van der Waals surface area (Å²) >= 11 is 0. The minimum absolute atomic E-state index is 0.0635. The van der Waals surface area contributed by atoms with Gasteiger partial charge in [-0.05, 0) is 38.9 Å². The van der Waals surface area contributed by atoms with Gasteiger partial charge in [-0.1, -0.05) is 6.42 Å². The lowest BCUT2D eigenvalue weighted by Crippen LogP contribution is -2.41. The number of hydrazine groups is 1. The van der Waals surface area contributed by atoms with E-state index in [1.165, 1.54) is 38.8 Å². The maximum atomic E-state index is 11.1. The van der Waals surface area contributed by atoms with Gasteiger partial charge in [-0.3, -0.25) is 15.1 Å². The maximum absolute atomic E-state index is 11.1. The Kier molecular flexibility index (Phi) is 4.76. The van der Waals surface area contributed by atoms with Gasteiger partial charge in [0.2, 0.25) is 5.91 Å². The summed E-state index contributed by atoms with van der Waals surface area (Å²) in [7, 11) is 0. The summed E-state index contributed by atoms with van der Waals surface area (Å²) in [5.74, 6) is 5.01. The number of nitrogens with zero attached hydrogens (tertiary/aromatic N) is 2. The van der Waals surface area contributed by atoms with Gasteiger partial charge in [0, 0.05) is 25.6 Å². The zero-order valence-electron chi connectivity index (χ0n) is 10.5. The molecule has 5 nitrogen and oxygen atoms in total. The number of rotatable bonds is 4. The van der Waals surface area contributed by atoms with Crippen LogP contribution in [0.25, 0.3) is 0 Å². The normalized spacial score (nSPS) is 27.2. The van der Waals surface area contributed by atoms with Gasteiger partial charge in [-0.15, -0.1) is 0 Å². The van der Waals surface area contributed by atoms with Gasteiger partial charge in [-0.2, -0.15) is 0 Å². The average molecular weight is 240 g/mol. The van der Waals surface area contributed by atoms with E-state index in [1.54, 1.807) is 0 Å². The lowest BCUT2D eigenvalue weighted by molar-refractivity contribution is -0.121. The number of piperidine rings is 1. The van der Waals surface area contributed by atoms with E-state index < -0.39 is 0 Å². The Balaban J connectivity index is 1.69. The first-order valence-electron chi connectivity index (χ1n) is 6.75. The lowest BCUT2D eigenvalue weighted by Gasteiger charge is -2.32. The first-order valence-corrected chi connectivity index (χ1v) is 6.75. The van der Waals surface area contributed by atoms with E-state index in [0.717, 1.165) is 25.7 Å². The quantitative estimate of drug-likeness (QED) is 0.410. The largest absolute Gasteiger partial charge is 0.301 e. The second-order valence-corrected chi connectivity index (χ2v) is 5.16. The molecule has 5 heteroatoms. The Morgan fingerprint density at radius 1 is 1.24 bits per heavy atom. The van der Waals surface area contributed by atoms with Gasteiger partial charge < -0.3 is 4.90 Å². The highest BCUT2D eigenvalue weighted by atomic mass is 16.2. The molecule has 0 aromatic heterocycles. The topological polar surface area (TPSA) is 61.6 Å². The number of nitrogens with two attached hydrogens (primary N) is 1. The van der Waals surface area contributed by atoms with Crippen LogP contribution >= 0.6 is 0 Å². The van der Waals surface area contributed by atoms with E-state index in [4.69, 9.17) is 5.84 Å². The summed E-state index contributed by atoms with van der Waals surface area (Å²) in [6, 6.07) is 0.719. The molecule has 2 aliphatic rings. The Bertz CT molecular complexity index is 253. The van der Waals surface area contributed by atoms with Crippen molar-refractivity contribution in [2.45, 2.75) is 38.1 Å². The molecule has 3 N–H and O–H groups in total. The zero-order chi connectivity index (χ0) is 12.1. The van der Waals surface area contributed by atoms with Crippen LogP contribution in [0.1, 0.15) is 32.1 Å². The van der Waals surface area contributed by atoms with Crippen molar-refractivity contribution in [3.63, 3.8) is 0 Å². The van der Waals surface area contributed by atoms with E-state index in [2.05, 4.69) is 15.2 Å². The molecule has 1 atom stereocenters. The first-order chi connectivity index (χ1) is 8.29. The van der Waals surface area contributed by atoms with Crippen molar-refractivity contribution in [2.24, 2.45) is 5.84 Å². The average Bonchev–Trinajstić information content (AvgIpc) is 2.86. The molecule has 2 fully saturated rings. The molecule has 1 amide bonds. The predicted octanol–water partition coefficient (Wildman–Crippen LogP) is -0.0734. The molecular formula is C12H24N4O. The summed E-state index contributed by atoms with van der Waals surface area (Å²) < 4.78 is 0. The standard InChI is InChI=1S/C12H24N4O/c13-14-12(17)5-9-15-8-4-11(10-15)16-6-2-1-3-7-16/h11H,1-10,13H2,(H,14,17). The fourth-order valence-electron chi connectivity index (χ4n) is 2.93. The maximum Gasteiger partial charge on any atom is 0.235 e. The van der Waals surface area contributed by atoms with E-state index in [1.807, 2.05) is 0 Å². The molecule has 2 aliphatic heterocycles. The van der Waals surface area contributed by atoms with Gasteiger partial charge >= 0.3 is 0 Å². The lowest BCUT2D eigenvalue weighted by atomic mass is 10.1. The number of likely N-dealkylation sites (tertiary alicyclic amines) is 2. The third-order valence-corrected chi connectivity index (χ3v) is 3.97. The third-order valence-electron chi connectivity index (χ3n) is 3.97. The van der Waals surface area contributed by atoms with E-state index >= 15 is 0 Å². The first kappa shape index (κ1) is 12.8. The van der Waals surface area contributed by atoms with Crippen LogP contribution in [-0.4, -0.2) is 54.5 Å². The molecule has 2 heterocycles. The smallest absolute Gasteiger partial charge is 0.235 e. The number of carbonyl (C=O) groups is 1. The Hall–Kier alpha value is -0.650. The number of amides is 1. The van der Waals surface area contributed by atoms with Crippen molar-refractivity contribution in [1.82, 2.24) is 15.2 Å². The van der Waals surface area contributed by atoms with Gasteiger partial charge in [-0.25, -0.2) is 5.84 Å². The molecule has 0 aromatic carbocycles. The van der Waals surface area contributed by atoms with E-state index in [-0.39, 0.29) is 5.91 Å². The second kappa shape index (κ2) is 6.33. The SMILES string of the molecule is NNC(=O)CCN1CCC(N2CCCCC2)C1. The molecule has 0 saturated carbocycles. The highest BCUT2D eigenvalue weighted by Gasteiger charge is 2.28. The summed E-state index contributed by atoms with van der Waals surface area (Å²) in [6.07, 6.45) is 5.87. The van der Waals surface area contributed by atoms with E-state index in [0.29, 0.717) is 6.42 Å². The van der Waals surface area contributed by atoms with Gasteiger partial charge in [0.05, 0.1) is 0 Å². The van der Waals surface area contributed by atoms with Crippen LogP contribution in [0.5, 0.6) is 0 Å². The molecule has 2 saturated heterocycles. The Labute approximate surface area is 103 Å². The van der Waals surface area contributed by atoms with Crippen LogP contribution in [-0.2, 0) is 4.79 Å². The second-order valence-electron chi connectivity index (χ2n) is 5.16. The molecule has 17 heavy (non-hydrogen) atoms.